The van der Waals surface area contributed by atoms with Gasteiger partial charge in [-0.25, -0.2) is 0 Å². The fourth-order valence-electron chi connectivity index (χ4n) is 2.56. The van der Waals surface area contributed by atoms with Crippen molar-refractivity contribution in [1.82, 2.24) is 5.32 Å². The van der Waals surface area contributed by atoms with Crippen LogP contribution in [0.1, 0.15) is 38.7 Å². The maximum Gasteiger partial charge on any atom is 0.170 e. The average molecular weight is 262 g/mol. The molecule has 0 bridgehead atoms. The van der Waals surface area contributed by atoms with E-state index in [0.29, 0.717) is 6.04 Å². The number of anilines is 1. The molecule has 1 aliphatic rings. The fourth-order valence-corrected chi connectivity index (χ4v) is 2.84. The van der Waals surface area contributed by atoms with E-state index in [2.05, 4.69) is 48.7 Å². The van der Waals surface area contributed by atoms with Crippen molar-refractivity contribution in [3.8, 4) is 0 Å². The lowest BCUT2D eigenvalue weighted by atomic mass is 10.1. The highest BCUT2D eigenvalue weighted by Gasteiger charge is 2.21. The molecule has 1 aromatic carbocycles. The van der Waals surface area contributed by atoms with Crippen LogP contribution in [0.15, 0.2) is 24.3 Å². The first-order chi connectivity index (χ1) is 8.67. The number of benzene rings is 1. The van der Waals surface area contributed by atoms with E-state index < -0.39 is 0 Å². The van der Waals surface area contributed by atoms with E-state index in [1.807, 2.05) is 0 Å². The van der Waals surface area contributed by atoms with E-state index in [1.165, 1.54) is 24.8 Å². The van der Waals surface area contributed by atoms with E-state index in [4.69, 9.17) is 12.2 Å². The second-order valence-electron chi connectivity index (χ2n) is 5.27. The second kappa shape index (κ2) is 6.19. The molecule has 18 heavy (non-hydrogen) atoms. The summed E-state index contributed by atoms with van der Waals surface area (Å²) < 4.78 is 0. The summed E-state index contributed by atoms with van der Waals surface area (Å²) in [5.74, 6) is 0.828. The first kappa shape index (κ1) is 13.3. The molecule has 0 saturated heterocycles. The Kier molecular flexibility index (Phi) is 4.59. The molecule has 0 heterocycles. The van der Waals surface area contributed by atoms with Gasteiger partial charge in [0, 0.05) is 11.7 Å². The summed E-state index contributed by atoms with van der Waals surface area (Å²) in [7, 11) is 0. The minimum absolute atomic E-state index is 0.550. The van der Waals surface area contributed by atoms with E-state index in [9.17, 15) is 0 Å². The lowest BCUT2D eigenvalue weighted by Gasteiger charge is -2.16. The predicted molar refractivity (Wildman–Crippen MR) is 82.0 cm³/mol. The average Bonchev–Trinajstić information content (AvgIpc) is 2.74. The second-order valence-corrected chi connectivity index (χ2v) is 5.68. The van der Waals surface area contributed by atoms with Crippen LogP contribution < -0.4 is 10.6 Å². The highest BCUT2D eigenvalue weighted by Crippen LogP contribution is 2.24. The Hall–Kier alpha value is -1.09. The van der Waals surface area contributed by atoms with Crippen molar-refractivity contribution in [2.75, 3.05) is 5.32 Å². The number of rotatable bonds is 3. The minimum atomic E-state index is 0.550. The molecule has 1 aromatic rings. The summed E-state index contributed by atoms with van der Waals surface area (Å²) in [6.45, 7) is 4.47. The molecule has 1 aliphatic carbocycles. The van der Waals surface area contributed by atoms with Crippen LogP contribution in [-0.4, -0.2) is 11.2 Å². The van der Waals surface area contributed by atoms with Crippen molar-refractivity contribution in [2.24, 2.45) is 5.92 Å². The Labute approximate surface area is 115 Å². The summed E-state index contributed by atoms with van der Waals surface area (Å²) in [5.41, 5.74) is 2.41. The maximum atomic E-state index is 5.37. The zero-order valence-electron chi connectivity index (χ0n) is 11.2. The zero-order chi connectivity index (χ0) is 13.0. The van der Waals surface area contributed by atoms with Gasteiger partial charge in [0.1, 0.15) is 0 Å². The van der Waals surface area contributed by atoms with Crippen LogP contribution in [-0.2, 0) is 6.42 Å². The highest BCUT2D eigenvalue weighted by atomic mass is 32.1. The van der Waals surface area contributed by atoms with Crippen LogP contribution in [0.3, 0.4) is 0 Å². The molecule has 0 amide bonds. The smallest absolute Gasteiger partial charge is 0.170 e. The quantitative estimate of drug-likeness (QED) is 0.812. The molecule has 98 valence electrons. The third-order valence-electron chi connectivity index (χ3n) is 3.62. The van der Waals surface area contributed by atoms with Crippen molar-refractivity contribution < 1.29 is 0 Å². The molecule has 1 saturated carbocycles. The molecule has 0 aliphatic heterocycles. The van der Waals surface area contributed by atoms with Crippen LogP contribution >= 0.6 is 12.2 Å². The Morgan fingerprint density at radius 2 is 2.22 bits per heavy atom. The van der Waals surface area contributed by atoms with Gasteiger partial charge >= 0.3 is 0 Å². The van der Waals surface area contributed by atoms with Crippen molar-refractivity contribution in [1.29, 1.82) is 0 Å². The molecular weight excluding hydrogens is 240 g/mol. The van der Waals surface area contributed by atoms with Gasteiger partial charge < -0.3 is 10.6 Å². The van der Waals surface area contributed by atoms with Gasteiger partial charge in [0.25, 0.3) is 0 Å². The summed E-state index contributed by atoms with van der Waals surface area (Å²) in [5, 5.41) is 7.45. The van der Waals surface area contributed by atoms with E-state index in [1.54, 1.807) is 0 Å². The largest absolute Gasteiger partial charge is 0.360 e. The van der Waals surface area contributed by atoms with Gasteiger partial charge in [-0.3, -0.25) is 0 Å². The molecule has 2 nitrogen and oxygen atoms in total. The highest BCUT2D eigenvalue weighted by molar-refractivity contribution is 7.80. The summed E-state index contributed by atoms with van der Waals surface area (Å²) >= 11 is 5.37. The Balaban J connectivity index is 1.86. The topological polar surface area (TPSA) is 24.1 Å². The molecule has 2 N–H and O–H groups in total. The molecule has 2 atom stereocenters. The number of nitrogens with one attached hydrogen (secondary N) is 2. The first-order valence-corrected chi connectivity index (χ1v) is 7.24. The minimum Gasteiger partial charge on any atom is -0.360 e. The van der Waals surface area contributed by atoms with Crippen molar-refractivity contribution in [2.45, 2.75) is 45.6 Å². The van der Waals surface area contributed by atoms with Crippen LogP contribution in [0, 0.1) is 5.92 Å². The lowest BCUT2D eigenvalue weighted by molar-refractivity contribution is 0.572. The van der Waals surface area contributed by atoms with E-state index in [0.717, 1.165) is 23.1 Å². The predicted octanol–water partition coefficient (Wildman–Crippen LogP) is 3.72. The SMILES string of the molecule is CCc1cccc(NC(=S)NC2CCC(C)C2)c1. The molecule has 1 fully saturated rings. The summed E-state index contributed by atoms with van der Waals surface area (Å²) in [4.78, 5) is 0. The number of hydrogen-bond donors (Lipinski definition) is 2. The molecule has 0 aromatic heterocycles. The zero-order valence-corrected chi connectivity index (χ0v) is 12.0. The van der Waals surface area contributed by atoms with Crippen LogP contribution in [0.5, 0.6) is 0 Å². The van der Waals surface area contributed by atoms with Crippen LogP contribution in [0.4, 0.5) is 5.69 Å². The summed E-state index contributed by atoms with van der Waals surface area (Å²) in [6.07, 6.45) is 4.83. The molecule has 2 rings (SSSR count). The van der Waals surface area contributed by atoms with E-state index >= 15 is 0 Å². The van der Waals surface area contributed by atoms with E-state index in [-0.39, 0.29) is 0 Å². The normalized spacial score (nSPS) is 22.8. The Morgan fingerprint density at radius 1 is 1.39 bits per heavy atom. The van der Waals surface area contributed by atoms with Gasteiger partial charge in [-0.15, -0.1) is 0 Å². The monoisotopic (exact) mass is 262 g/mol. The number of aryl methyl sites for hydroxylation is 1. The number of hydrogen-bond acceptors (Lipinski definition) is 1. The lowest BCUT2D eigenvalue weighted by Crippen LogP contribution is -2.36. The van der Waals surface area contributed by atoms with Gasteiger partial charge in [-0.2, -0.15) is 0 Å². The van der Waals surface area contributed by atoms with Gasteiger partial charge in [0.05, 0.1) is 0 Å². The first-order valence-electron chi connectivity index (χ1n) is 6.84. The third kappa shape index (κ3) is 3.70. The van der Waals surface area contributed by atoms with Gasteiger partial charge in [-0.05, 0) is 61.5 Å². The standard InChI is InChI=1S/C15H22N2S/c1-3-12-5-4-6-13(10-12)16-15(18)17-14-8-7-11(2)9-14/h4-6,10-11,14H,3,7-9H2,1-2H3,(H2,16,17,18). The van der Waals surface area contributed by atoms with Gasteiger partial charge in [0.15, 0.2) is 5.11 Å². The molecule has 0 spiro atoms. The van der Waals surface area contributed by atoms with Crippen molar-refractivity contribution in [3.05, 3.63) is 29.8 Å². The van der Waals surface area contributed by atoms with Gasteiger partial charge in [0.2, 0.25) is 0 Å². The number of thiocarbonyl (C=S) groups is 1. The maximum absolute atomic E-state index is 5.37. The molecule has 2 unspecified atom stereocenters. The Morgan fingerprint density at radius 3 is 2.89 bits per heavy atom. The van der Waals surface area contributed by atoms with Gasteiger partial charge in [-0.1, -0.05) is 26.0 Å². The fraction of sp³-hybridized carbons (Fsp3) is 0.533. The van der Waals surface area contributed by atoms with Crippen LogP contribution in [0.2, 0.25) is 0 Å². The molecule has 3 heteroatoms. The molecular formula is C15H22N2S. The molecule has 0 radical (unpaired) electrons. The third-order valence-corrected chi connectivity index (χ3v) is 3.84. The van der Waals surface area contributed by atoms with Crippen LogP contribution in [0.25, 0.3) is 0 Å². The summed E-state index contributed by atoms with van der Waals surface area (Å²) in [6, 6.07) is 8.98. The Bertz CT molecular complexity index is 417. The van der Waals surface area contributed by atoms with Crippen molar-refractivity contribution in [3.63, 3.8) is 0 Å². The van der Waals surface area contributed by atoms with Crippen molar-refractivity contribution >= 4 is 23.0 Å².